The Morgan fingerprint density at radius 1 is 1.62 bits per heavy atom. The molecule has 0 aliphatic carbocycles. The van der Waals surface area contributed by atoms with Crippen molar-refractivity contribution in [1.29, 1.82) is 5.26 Å². The maximum Gasteiger partial charge on any atom is 0.221 e. The van der Waals surface area contributed by atoms with Crippen molar-refractivity contribution in [3.05, 3.63) is 0 Å². The number of thiocarbonyl (C=S) groups is 1. The van der Waals surface area contributed by atoms with Gasteiger partial charge in [-0.1, -0.05) is 18.7 Å². The van der Waals surface area contributed by atoms with Gasteiger partial charge < -0.3 is 9.47 Å². The molecule has 0 radical (unpaired) electrons. The molecule has 0 fully saturated rings. The maximum absolute atomic E-state index is 9.19. The summed E-state index contributed by atoms with van der Waals surface area (Å²) in [4.78, 5) is 0. The number of thioether (sulfide) groups is 1. The molecule has 0 aromatic heterocycles. The summed E-state index contributed by atoms with van der Waals surface area (Å²) in [7, 11) is 1.66. The Balaban J connectivity index is 4.31. The zero-order chi connectivity index (χ0) is 12.6. The zero-order valence-electron chi connectivity index (χ0n) is 10.3. The molecule has 0 bridgehead atoms. The van der Waals surface area contributed by atoms with Gasteiger partial charge in [-0.25, -0.2) is 0 Å². The topological polar surface area (TPSA) is 42.2 Å². The van der Waals surface area contributed by atoms with E-state index < -0.39 is 4.75 Å². The molecule has 16 heavy (non-hydrogen) atoms. The van der Waals surface area contributed by atoms with Gasteiger partial charge in [0.05, 0.1) is 12.7 Å². The van der Waals surface area contributed by atoms with Gasteiger partial charge in [0, 0.05) is 13.7 Å². The Morgan fingerprint density at radius 3 is 2.69 bits per heavy atom. The summed E-state index contributed by atoms with van der Waals surface area (Å²) in [5, 5.41) is 9.19. The molecule has 0 rings (SSSR count). The number of nitrogens with zero attached hydrogens (tertiary/aromatic N) is 1. The molecule has 0 N–H and O–H groups in total. The summed E-state index contributed by atoms with van der Waals surface area (Å²) in [5.41, 5.74) is 0. The molecule has 5 heteroatoms. The second-order valence-electron chi connectivity index (χ2n) is 3.89. The summed E-state index contributed by atoms with van der Waals surface area (Å²) in [6.07, 6.45) is 0.731. The second-order valence-corrected chi connectivity index (χ2v) is 6.00. The van der Waals surface area contributed by atoms with Crippen LogP contribution in [0.1, 0.15) is 27.2 Å². The van der Waals surface area contributed by atoms with Crippen LogP contribution in [0.2, 0.25) is 0 Å². The Labute approximate surface area is 107 Å². The van der Waals surface area contributed by atoms with E-state index in [4.69, 9.17) is 21.7 Å². The molecule has 2 atom stereocenters. The summed E-state index contributed by atoms with van der Waals surface area (Å²) in [6, 6.07) is 2.30. The van der Waals surface area contributed by atoms with Gasteiger partial charge in [-0.3, -0.25) is 0 Å². The third-order valence-electron chi connectivity index (χ3n) is 2.00. The van der Waals surface area contributed by atoms with Gasteiger partial charge in [-0.15, -0.1) is 0 Å². The van der Waals surface area contributed by atoms with E-state index >= 15 is 0 Å². The smallest absolute Gasteiger partial charge is 0.221 e. The van der Waals surface area contributed by atoms with Crippen LogP contribution in [0.4, 0.5) is 0 Å². The summed E-state index contributed by atoms with van der Waals surface area (Å²) < 4.78 is 10.2. The highest BCUT2D eigenvalue weighted by molar-refractivity contribution is 8.23. The van der Waals surface area contributed by atoms with Crippen molar-refractivity contribution < 1.29 is 9.47 Å². The first-order chi connectivity index (χ1) is 7.47. The van der Waals surface area contributed by atoms with Gasteiger partial charge in [-0.05, 0) is 38.4 Å². The average molecular weight is 261 g/mol. The van der Waals surface area contributed by atoms with E-state index in [2.05, 4.69) is 13.0 Å². The fourth-order valence-electron chi connectivity index (χ4n) is 1.45. The minimum atomic E-state index is -0.537. The third kappa shape index (κ3) is 6.31. The largest absolute Gasteiger partial charge is 0.479 e. The van der Waals surface area contributed by atoms with Crippen LogP contribution < -0.4 is 0 Å². The van der Waals surface area contributed by atoms with Crippen molar-refractivity contribution in [3.8, 4) is 6.07 Å². The van der Waals surface area contributed by atoms with E-state index in [-0.39, 0.29) is 0 Å². The van der Waals surface area contributed by atoms with Crippen LogP contribution in [-0.2, 0) is 9.47 Å². The highest BCUT2D eigenvalue weighted by Crippen LogP contribution is 2.32. The molecule has 0 spiro atoms. The van der Waals surface area contributed by atoms with E-state index in [0.717, 1.165) is 6.42 Å². The molecule has 0 heterocycles. The number of ether oxygens (including phenoxy) is 2. The van der Waals surface area contributed by atoms with Gasteiger partial charge in [0.2, 0.25) is 4.38 Å². The Bertz CT molecular complexity index is 265. The molecule has 0 saturated heterocycles. The van der Waals surface area contributed by atoms with Crippen molar-refractivity contribution in [3.63, 3.8) is 0 Å². The lowest BCUT2D eigenvalue weighted by molar-refractivity contribution is 0.153. The van der Waals surface area contributed by atoms with Gasteiger partial charge in [0.25, 0.3) is 0 Å². The Morgan fingerprint density at radius 2 is 2.25 bits per heavy atom. The third-order valence-corrected chi connectivity index (χ3v) is 3.36. The van der Waals surface area contributed by atoms with Crippen molar-refractivity contribution >= 4 is 28.4 Å². The molecule has 0 aliphatic rings. The van der Waals surface area contributed by atoms with Gasteiger partial charge in [0.15, 0.2) is 0 Å². The monoisotopic (exact) mass is 261 g/mol. The van der Waals surface area contributed by atoms with Crippen LogP contribution >= 0.6 is 24.0 Å². The summed E-state index contributed by atoms with van der Waals surface area (Å²) in [5.74, 6) is 0.326. The predicted molar refractivity (Wildman–Crippen MR) is 71.5 cm³/mol. The minimum absolute atomic E-state index is 0.326. The first kappa shape index (κ1) is 15.7. The van der Waals surface area contributed by atoms with E-state index in [1.54, 1.807) is 7.11 Å². The van der Waals surface area contributed by atoms with Crippen molar-refractivity contribution in [2.75, 3.05) is 20.3 Å². The van der Waals surface area contributed by atoms with E-state index in [1.807, 2.05) is 13.8 Å². The van der Waals surface area contributed by atoms with Crippen molar-refractivity contribution in [2.24, 2.45) is 5.92 Å². The minimum Gasteiger partial charge on any atom is -0.479 e. The molecule has 0 aromatic carbocycles. The predicted octanol–water partition coefficient (Wildman–Crippen LogP) is 3.00. The standard InChI is InChI=1S/C11H19NO2S2/c1-5-14-10(15)16-11(3,8-12)6-9(2)7-13-4/h9H,5-7H2,1-4H3. The molecular weight excluding hydrogens is 242 g/mol. The van der Waals surface area contributed by atoms with Gasteiger partial charge >= 0.3 is 0 Å². The number of hydrogen-bond acceptors (Lipinski definition) is 5. The summed E-state index contributed by atoms with van der Waals surface area (Å²) in [6.45, 7) is 7.02. The molecule has 92 valence electrons. The van der Waals surface area contributed by atoms with Crippen LogP contribution in [0, 0.1) is 17.2 Å². The Hall–Kier alpha value is -0.310. The molecule has 0 saturated carbocycles. The average Bonchev–Trinajstić information content (AvgIpc) is 2.17. The summed E-state index contributed by atoms with van der Waals surface area (Å²) >= 11 is 6.36. The van der Waals surface area contributed by atoms with E-state index in [1.165, 1.54) is 11.8 Å². The van der Waals surface area contributed by atoms with Crippen LogP contribution in [0.5, 0.6) is 0 Å². The first-order valence-electron chi connectivity index (χ1n) is 5.23. The normalized spacial score (nSPS) is 15.9. The maximum atomic E-state index is 9.19. The quantitative estimate of drug-likeness (QED) is 0.688. The number of hydrogen-bond donors (Lipinski definition) is 0. The van der Waals surface area contributed by atoms with Crippen LogP contribution in [0.25, 0.3) is 0 Å². The fraction of sp³-hybridized carbons (Fsp3) is 0.818. The second kappa shape index (κ2) is 7.88. The van der Waals surface area contributed by atoms with Crippen LogP contribution in [0.3, 0.4) is 0 Å². The molecule has 3 nitrogen and oxygen atoms in total. The van der Waals surface area contributed by atoms with Crippen molar-refractivity contribution in [1.82, 2.24) is 0 Å². The Kier molecular flexibility index (Phi) is 7.73. The van der Waals surface area contributed by atoms with Gasteiger partial charge in [-0.2, -0.15) is 5.26 Å². The first-order valence-corrected chi connectivity index (χ1v) is 6.45. The zero-order valence-corrected chi connectivity index (χ0v) is 11.9. The van der Waals surface area contributed by atoms with Crippen LogP contribution in [0.15, 0.2) is 0 Å². The highest BCUT2D eigenvalue weighted by atomic mass is 32.2. The van der Waals surface area contributed by atoms with Gasteiger partial charge in [0.1, 0.15) is 4.75 Å². The molecule has 2 unspecified atom stereocenters. The molecule has 0 amide bonds. The van der Waals surface area contributed by atoms with Crippen molar-refractivity contribution in [2.45, 2.75) is 31.9 Å². The molecular formula is C11H19NO2S2. The molecule has 0 aromatic rings. The fourth-order valence-corrected chi connectivity index (χ4v) is 3.08. The molecule has 0 aliphatic heterocycles. The number of rotatable bonds is 6. The number of methoxy groups -OCH3 is 1. The number of nitriles is 1. The lowest BCUT2D eigenvalue weighted by atomic mass is 9.98. The SMILES string of the molecule is CCOC(=S)SC(C)(C#N)CC(C)COC. The van der Waals surface area contributed by atoms with E-state index in [0.29, 0.717) is 23.5 Å². The lowest BCUT2D eigenvalue weighted by Crippen LogP contribution is -2.25. The van der Waals surface area contributed by atoms with Crippen LogP contribution in [-0.4, -0.2) is 29.5 Å². The van der Waals surface area contributed by atoms with E-state index in [9.17, 15) is 5.26 Å². The highest BCUT2D eigenvalue weighted by Gasteiger charge is 2.29. The lowest BCUT2D eigenvalue weighted by Gasteiger charge is -2.24.